The summed E-state index contributed by atoms with van der Waals surface area (Å²) in [7, 11) is 0. The van der Waals surface area contributed by atoms with Crippen molar-refractivity contribution in [3.8, 4) is 0 Å². The minimum absolute atomic E-state index is 0.190. The van der Waals surface area contributed by atoms with Crippen LogP contribution < -0.4 is 0 Å². The van der Waals surface area contributed by atoms with Gasteiger partial charge in [0.15, 0.2) is 0 Å². The van der Waals surface area contributed by atoms with E-state index >= 15 is 0 Å². The number of hydrogen-bond acceptors (Lipinski definition) is 3. The molecule has 26 heavy (non-hydrogen) atoms. The van der Waals surface area contributed by atoms with Crippen LogP contribution in [0.25, 0.3) is 11.0 Å². The standard InChI is InChI=1S/C20H21ClN3O.Tl/c21-17-11-23-20-16(8-9-22-20)18(17)19(25)15-7-4-10-24(13-15)12-14-5-2-1-3-6-14;/h1-3,5-6,8-9,11,15,19,25H,4,7,10,12-13H2;/q-1;+1. The minimum atomic E-state index is -0.557. The van der Waals surface area contributed by atoms with Crippen LogP contribution in [-0.4, -0.2) is 56.5 Å². The summed E-state index contributed by atoms with van der Waals surface area (Å²) >= 11 is 7.11. The van der Waals surface area contributed by atoms with E-state index in [2.05, 4.69) is 36.5 Å². The van der Waals surface area contributed by atoms with E-state index in [1.807, 2.05) is 18.3 Å². The van der Waals surface area contributed by atoms with Gasteiger partial charge in [0.1, 0.15) is 0 Å². The molecule has 0 radical (unpaired) electrons. The Balaban J connectivity index is 1.56. The average Bonchev–Trinajstić information content (AvgIpc) is 3.03. The van der Waals surface area contributed by atoms with Gasteiger partial charge in [0, 0.05) is 0 Å². The topological polar surface area (TPSA) is 41.3 Å². The third kappa shape index (κ3) is 3.70. The van der Waals surface area contributed by atoms with E-state index in [4.69, 9.17) is 11.6 Å². The number of benzene rings is 1. The molecule has 6 heteroatoms. The Bertz CT molecular complexity index is 899. The molecule has 1 aliphatic rings. The molecule has 0 amide bonds. The second-order valence-corrected chi connectivity index (χ2v) is 9.62. The number of hydrogen-bond donors (Lipinski definition) is 1. The van der Waals surface area contributed by atoms with Crippen molar-refractivity contribution in [2.24, 2.45) is 5.92 Å². The summed E-state index contributed by atoms with van der Waals surface area (Å²) in [4.78, 5) is 6.89. The van der Waals surface area contributed by atoms with Gasteiger partial charge in [-0.3, -0.25) is 0 Å². The van der Waals surface area contributed by atoms with Crippen LogP contribution in [0.1, 0.15) is 30.1 Å². The number of aromatic nitrogens is 2. The zero-order chi connectivity index (χ0) is 18.1. The zero-order valence-corrected chi connectivity index (χ0v) is 19.8. The van der Waals surface area contributed by atoms with Crippen LogP contribution in [0.4, 0.5) is 0 Å². The van der Waals surface area contributed by atoms with Gasteiger partial charge < -0.3 is 0 Å². The summed E-state index contributed by atoms with van der Waals surface area (Å²) < 4.78 is 2.13. The summed E-state index contributed by atoms with van der Waals surface area (Å²) in [6, 6.07) is 12.6. The van der Waals surface area contributed by atoms with Crippen molar-refractivity contribution in [1.82, 2.24) is 12.3 Å². The summed E-state index contributed by atoms with van der Waals surface area (Å²) in [5.41, 5.74) is 3.11. The monoisotopic (exact) mass is 559 g/mol. The molecule has 4 nitrogen and oxygen atoms in total. The first-order valence-electron chi connectivity index (χ1n) is 8.98. The fraction of sp³-hybridized carbons (Fsp3) is 0.350. The molecular weight excluding hydrogens is 538 g/mol. The van der Waals surface area contributed by atoms with Crippen molar-refractivity contribution >= 4 is 48.7 Å². The maximum absolute atomic E-state index is 11.2. The summed E-state index contributed by atoms with van der Waals surface area (Å²) in [6.45, 7) is 2.90. The Morgan fingerprint density at radius 2 is 2.08 bits per heavy atom. The Hall–Kier alpha value is -0.958. The number of pyridine rings is 1. The van der Waals surface area contributed by atoms with Crippen LogP contribution in [0, 0.1) is 5.92 Å². The van der Waals surface area contributed by atoms with Crippen molar-refractivity contribution < 1.29 is 5.11 Å². The molecular formula is C20H21ClN3OTl. The number of nitrogens with zero attached hydrogens (tertiary/aromatic N) is 3. The number of aliphatic hydroxyl groups excluding tert-OH is 1. The first-order valence-corrected chi connectivity index (χ1v) is 11.4. The third-order valence-electron chi connectivity index (χ3n) is 5.27. The number of aliphatic hydroxyl groups is 1. The van der Waals surface area contributed by atoms with E-state index in [1.165, 1.54) is 5.56 Å². The van der Waals surface area contributed by atoms with Gasteiger partial charge in [0.2, 0.25) is 0 Å². The number of piperidine rings is 1. The molecule has 0 aliphatic carbocycles. The molecule has 3 aromatic rings. The molecule has 1 saturated heterocycles. The van der Waals surface area contributed by atoms with Gasteiger partial charge in [-0.1, -0.05) is 6.07 Å². The molecule has 1 aromatic carbocycles. The molecule has 2 unspecified atom stereocenters. The van der Waals surface area contributed by atoms with Crippen LogP contribution >= 0.6 is 11.6 Å². The summed E-state index contributed by atoms with van der Waals surface area (Å²) in [5, 5.41) is 12.7. The van der Waals surface area contributed by atoms with Crippen LogP contribution in [0.5, 0.6) is 0 Å². The van der Waals surface area contributed by atoms with Gasteiger partial charge in [-0.15, -0.1) is 0 Å². The van der Waals surface area contributed by atoms with Gasteiger partial charge in [0.25, 0.3) is 0 Å². The van der Waals surface area contributed by atoms with E-state index in [9.17, 15) is 5.11 Å². The molecule has 132 valence electrons. The van der Waals surface area contributed by atoms with Gasteiger partial charge in [-0.25, -0.2) is 0 Å². The van der Waals surface area contributed by atoms with Gasteiger partial charge in [0.05, 0.1) is 0 Å². The normalized spacial score (nSPS) is 19.7. The van der Waals surface area contributed by atoms with Gasteiger partial charge >= 0.3 is 169 Å². The van der Waals surface area contributed by atoms with E-state index in [0.717, 1.165) is 49.1 Å². The van der Waals surface area contributed by atoms with Crippen molar-refractivity contribution in [3.05, 3.63) is 64.9 Å². The van der Waals surface area contributed by atoms with E-state index in [0.29, 0.717) is 31.1 Å². The molecule has 0 spiro atoms. The SMILES string of the molecule is OC(c1c(Cl)cnc2c1cc[n]2[Tl])C1CCCN(Cc2ccccc2)C1. The van der Waals surface area contributed by atoms with E-state index in [-0.39, 0.29) is 5.92 Å². The molecule has 1 N–H and O–H groups in total. The molecule has 2 aromatic heterocycles. The average molecular weight is 559 g/mol. The number of halogens is 1. The molecule has 4 rings (SSSR count). The Morgan fingerprint density at radius 1 is 1.27 bits per heavy atom. The molecule has 1 fully saturated rings. The third-order valence-corrected chi connectivity index (χ3v) is 7.19. The first kappa shape index (κ1) is 18.4. The van der Waals surface area contributed by atoms with Gasteiger partial charge in [-0.2, -0.15) is 0 Å². The Labute approximate surface area is 174 Å². The maximum atomic E-state index is 11.2. The van der Waals surface area contributed by atoms with Crippen LogP contribution in [-0.2, 0) is 6.54 Å². The van der Waals surface area contributed by atoms with Crippen molar-refractivity contribution in [2.75, 3.05) is 13.1 Å². The summed E-state index contributed by atoms with van der Waals surface area (Å²) in [5.74, 6) is 0.190. The molecule has 2 atom stereocenters. The number of likely N-dealkylation sites (tertiary alicyclic amines) is 1. The summed E-state index contributed by atoms with van der Waals surface area (Å²) in [6.07, 6.45) is 5.29. The van der Waals surface area contributed by atoms with Crippen LogP contribution in [0.15, 0.2) is 48.8 Å². The van der Waals surface area contributed by atoms with E-state index < -0.39 is 6.10 Å². The number of fused-ring (bicyclic) bond motifs is 1. The molecule has 0 bridgehead atoms. The Kier molecular flexibility index (Phi) is 5.64. The van der Waals surface area contributed by atoms with E-state index in [1.54, 1.807) is 6.20 Å². The molecule has 0 saturated carbocycles. The number of rotatable bonds is 4. The fourth-order valence-electron chi connectivity index (χ4n) is 3.97. The Morgan fingerprint density at radius 3 is 2.88 bits per heavy atom. The van der Waals surface area contributed by atoms with Crippen LogP contribution in [0.2, 0.25) is 5.02 Å². The quantitative estimate of drug-likeness (QED) is 0.498. The second kappa shape index (κ2) is 7.96. The predicted octanol–water partition coefficient (Wildman–Crippen LogP) is 3.57. The predicted molar refractivity (Wildman–Crippen MR) is 105 cm³/mol. The van der Waals surface area contributed by atoms with Gasteiger partial charge in [-0.05, 0) is 0 Å². The van der Waals surface area contributed by atoms with Crippen molar-refractivity contribution in [1.29, 1.82) is 0 Å². The molecule has 3 heterocycles. The van der Waals surface area contributed by atoms with Crippen molar-refractivity contribution in [2.45, 2.75) is 25.5 Å². The second-order valence-electron chi connectivity index (χ2n) is 7.05. The first-order chi connectivity index (χ1) is 12.6. The van der Waals surface area contributed by atoms with Crippen LogP contribution in [0.3, 0.4) is 0 Å². The fourth-order valence-corrected chi connectivity index (χ4v) is 5.37. The van der Waals surface area contributed by atoms with Crippen molar-refractivity contribution in [3.63, 3.8) is 0 Å². The zero-order valence-electron chi connectivity index (χ0n) is 14.6. The molecule has 1 aliphatic heterocycles.